The number of hydrogen-bond donors (Lipinski definition) is 0. The Morgan fingerprint density at radius 3 is 2.44 bits per heavy atom. The molecule has 0 aliphatic carbocycles. The number of carbonyl (C=O) groups excluding carboxylic acids is 1. The first kappa shape index (κ1) is 7.95. The lowest BCUT2D eigenvalue weighted by Crippen LogP contribution is -2.00. The molecule has 0 atom stereocenters. The molecular weight excluding hydrogens is 114 g/mol. The maximum absolute atomic E-state index is 9.95. The van der Waals surface area contributed by atoms with Crippen LogP contribution in [0.5, 0.6) is 0 Å². The number of allylic oxidation sites excluding steroid dienone is 2. The normalized spacial score (nSPS) is 9.56. The van der Waals surface area contributed by atoms with E-state index in [2.05, 4.69) is 6.58 Å². The Hall–Kier alpha value is -1.05. The summed E-state index contributed by atoms with van der Waals surface area (Å²) in [7, 11) is 3.77. The first-order valence-corrected chi connectivity index (χ1v) is 2.65. The first-order valence-electron chi connectivity index (χ1n) is 2.65. The van der Waals surface area contributed by atoms with E-state index < -0.39 is 0 Å². The Kier molecular flexibility index (Phi) is 3.44. The van der Waals surface area contributed by atoms with Gasteiger partial charge in [0.25, 0.3) is 0 Å². The molecule has 0 saturated heterocycles. The van der Waals surface area contributed by atoms with Gasteiger partial charge in [-0.1, -0.05) is 6.58 Å². The highest BCUT2D eigenvalue weighted by molar-refractivity contribution is 5.76. The number of hydrogen-bond acceptors (Lipinski definition) is 2. The Bertz CT molecular complexity index is 136. The SMILES string of the molecule is C=C(C=O)C=CN(C)C. The van der Waals surface area contributed by atoms with Gasteiger partial charge < -0.3 is 4.90 Å². The van der Waals surface area contributed by atoms with Crippen molar-refractivity contribution < 1.29 is 4.79 Å². The monoisotopic (exact) mass is 125 g/mol. The van der Waals surface area contributed by atoms with Crippen LogP contribution in [0.15, 0.2) is 24.4 Å². The molecule has 0 aliphatic rings. The van der Waals surface area contributed by atoms with Crippen LogP contribution >= 0.6 is 0 Å². The van der Waals surface area contributed by atoms with Gasteiger partial charge in [-0.3, -0.25) is 4.79 Å². The van der Waals surface area contributed by atoms with E-state index in [1.807, 2.05) is 19.0 Å². The van der Waals surface area contributed by atoms with Gasteiger partial charge in [-0.2, -0.15) is 0 Å². The van der Waals surface area contributed by atoms with Crippen LogP contribution in [0.4, 0.5) is 0 Å². The molecule has 9 heavy (non-hydrogen) atoms. The summed E-state index contributed by atoms with van der Waals surface area (Å²) in [6, 6.07) is 0. The van der Waals surface area contributed by atoms with E-state index in [9.17, 15) is 4.79 Å². The third kappa shape index (κ3) is 4.81. The Morgan fingerprint density at radius 2 is 2.11 bits per heavy atom. The quantitative estimate of drug-likeness (QED) is 0.316. The van der Waals surface area contributed by atoms with Gasteiger partial charge in [0.2, 0.25) is 0 Å². The fraction of sp³-hybridized carbons (Fsp3) is 0.286. The van der Waals surface area contributed by atoms with Gasteiger partial charge in [0.05, 0.1) is 0 Å². The minimum absolute atomic E-state index is 0.490. The standard InChI is InChI=1S/C7H11NO/c1-7(6-9)4-5-8(2)3/h4-6H,1H2,2-3H3. The molecule has 0 rings (SSSR count). The zero-order chi connectivity index (χ0) is 7.28. The maximum Gasteiger partial charge on any atom is 0.149 e. The van der Waals surface area contributed by atoms with E-state index in [1.54, 1.807) is 12.3 Å². The molecule has 0 fully saturated rings. The van der Waals surface area contributed by atoms with Crippen LogP contribution in [0.25, 0.3) is 0 Å². The molecule has 0 aromatic heterocycles. The molecule has 2 heteroatoms. The molecule has 0 spiro atoms. The van der Waals surface area contributed by atoms with Crippen LogP contribution in [-0.4, -0.2) is 25.3 Å². The molecule has 0 unspecified atom stereocenters. The van der Waals surface area contributed by atoms with E-state index >= 15 is 0 Å². The molecule has 0 heterocycles. The summed E-state index contributed by atoms with van der Waals surface area (Å²) in [6.07, 6.45) is 4.16. The Labute approximate surface area is 55.5 Å². The van der Waals surface area contributed by atoms with Crippen molar-refractivity contribution in [1.82, 2.24) is 4.90 Å². The summed E-state index contributed by atoms with van der Waals surface area (Å²) >= 11 is 0. The molecule has 0 aromatic rings. The predicted molar refractivity (Wildman–Crippen MR) is 38.0 cm³/mol. The third-order valence-corrected chi connectivity index (χ3v) is 0.738. The number of aldehydes is 1. The largest absolute Gasteiger partial charge is 0.383 e. The highest BCUT2D eigenvalue weighted by Gasteiger charge is 1.80. The van der Waals surface area contributed by atoms with Crippen molar-refractivity contribution in [3.8, 4) is 0 Å². The average molecular weight is 125 g/mol. The molecule has 0 radical (unpaired) electrons. The average Bonchev–Trinajstić information content (AvgIpc) is 1.83. The minimum atomic E-state index is 0.490. The van der Waals surface area contributed by atoms with Gasteiger partial charge in [0.1, 0.15) is 6.29 Å². The van der Waals surface area contributed by atoms with Crippen LogP contribution in [0, 0.1) is 0 Å². The fourth-order valence-corrected chi connectivity index (χ4v) is 0.284. The minimum Gasteiger partial charge on any atom is -0.383 e. The van der Waals surface area contributed by atoms with Crippen molar-refractivity contribution in [2.75, 3.05) is 14.1 Å². The van der Waals surface area contributed by atoms with E-state index in [0.29, 0.717) is 5.57 Å². The third-order valence-electron chi connectivity index (χ3n) is 0.738. The summed E-state index contributed by atoms with van der Waals surface area (Å²) < 4.78 is 0. The second-order valence-corrected chi connectivity index (χ2v) is 1.97. The zero-order valence-electron chi connectivity index (χ0n) is 5.79. The van der Waals surface area contributed by atoms with Crippen molar-refractivity contribution in [3.05, 3.63) is 24.4 Å². The Balaban J connectivity index is 3.70. The highest BCUT2D eigenvalue weighted by Crippen LogP contribution is 1.86. The van der Waals surface area contributed by atoms with Crippen molar-refractivity contribution in [2.24, 2.45) is 0 Å². The van der Waals surface area contributed by atoms with Gasteiger partial charge in [0, 0.05) is 19.7 Å². The molecular formula is C7H11NO. The van der Waals surface area contributed by atoms with Crippen LogP contribution in [-0.2, 0) is 4.79 Å². The Morgan fingerprint density at radius 1 is 1.56 bits per heavy atom. The summed E-state index contributed by atoms with van der Waals surface area (Å²) in [5.41, 5.74) is 0.490. The van der Waals surface area contributed by atoms with E-state index in [-0.39, 0.29) is 0 Å². The first-order chi connectivity index (χ1) is 4.16. The molecule has 0 aromatic carbocycles. The molecule has 0 saturated carbocycles. The van der Waals surface area contributed by atoms with E-state index in [1.165, 1.54) is 0 Å². The predicted octanol–water partition coefficient (Wildman–Crippen LogP) is 0.817. The lowest BCUT2D eigenvalue weighted by atomic mass is 10.3. The van der Waals surface area contributed by atoms with Gasteiger partial charge in [-0.15, -0.1) is 0 Å². The van der Waals surface area contributed by atoms with Crippen molar-refractivity contribution in [3.63, 3.8) is 0 Å². The van der Waals surface area contributed by atoms with Crippen LogP contribution in [0.2, 0.25) is 0 Å². The van der Waals surface area contributed by atoms with Gasteiger partial charge in [-0.25, -0.2) is 0 Å². The number of nitrogens with zero attached hydrogens (tertiary/aromatic N) is 1. The second kappa shape index (κ2) is 3.89. The van der Waals surface area contributed by atoms with Gasteiger partial charge in [0.15, 0.2) is 0 Å². The molecule has 0 amide bonds. The smallest absolute Gasteiger partial charge is 0.149 e. The maximum atomic E-state index is 9.95. The van der Waals surface area contributed by atoms with Crippen molar-refractivity contribution in [1.29, 1.82) is 0 Å². The number of rotatable bonds is 3. The molecule has 2 nitrogen and oxygen atoms in total. The van der Waals surface area contributed by atoms with Crippen molar-refractivity contribution in [2.45, 2.75) is 0 Å². The van der Waals surface area contributed by atoms with Gasteiger partial charge in [-0.05, 0) is 12.3 Å². The van der Waals surface area contributed by atoms with E-state index in [4.69, 9.17) is 0 Å². The molecule has 0 aliphatic heterocycles. The lowest BCUT2D eigenvalue weighted by molar-refractivity contribution is -0.104. The second-order valence-electron chi connectivity index (χ2n) is 1.97. The van der Waals surface area contributed by atoms with Crippen LogP contribution < -0.4 is 0 Å². The molecule has 50 valence electrons. The zero-order valence-corrected chi connectivity index (χ0v) is 5.79. The molecule has 0 N–H and O–H groups in total. The highest BCUT2D eigenvalue weighted by atomic mass is 16.1. The summed E-state index contributed by atoms with van der Waals surface area (Å²) in [4.78, 5) is 11.8. The van der Waals surface area contributed by atoms with Crippen LogP contribution in [0.3, 0.4) is 0 Å². The number of carbonyl (C=O) groups is 1. The molecule has 0 bridgehead atoms. The van der Waals surface area contributed by atoms with E-state index in [0.717, 1.165) is 6.29 Å². The fourth-order valence-electron chi connectivity index (χ4n) is 0.284. The summed E-state index contributed by atoms with van der Waals surface area (Å²) in [5.74, 6) is 0. The van der Waals surface area contributed by atoms with Crippen molar-refractivity contribution >= 4 is 6.29 Å². The lowest BCUT2D eigenvalue weighted by Gasteiger charge is -2.01. The van der Waals surface area contributed by atoms with Crippen LogP contribution in [0.1, 0.15) is 0 Å². The summed E-state index contributed by atoms with van der Waals surface area (Å²) in [5, 5.41) is 0. The topological polar surface area (TPSA) is 20.3 Å². The summed E-state index contributed by atoms with van der Waals surface area (Å²) in [6.45, 7) is 3.46. The van der Waals surface area contributed by atoms with Gasteiger partial charge >= 0.3 is 0 Å².